The second-order valence-corrected chi connectivity index (χ2v) is 13.2. The molecule has 1 atom stereocenters. The van der Waals surface area contributed by atoms with E-state index in [9.17, 15) is 18.0 Å². The van der Waals surface area contributed by atoms with Gasteiger partial charge in [-0.05, 0) is 56.2 Å². The number of amides is 2. The molecule has 1 N–H and O–H groups in total. The summed E-state index contributed by atoms with van der Waals surface area (Å²) in [4.78, 5) is 28.9. The van der Waals surface area contributed by atoms with Gasteiger partial charge in [0.2, 0.25) is 11.8 Å². The van der Waals surface area contributed by atoms with Crippen molar-refractivity contribution in [3.05, 3.63) is 82.3 Å². The molecule has 1 heterocycles. The van der Waals surface area contributed by atoms with Crippen LogP contribution in [0.3, 0.4) is 0 Å². The molecule has 1 aliphatic heterocycles. The fraction of sp³-hybridized carbons (Fsp3) is 0.355. The van der Waals surface area contributed by atoms with Gasteiger partial charge in [0.05, 0.1) is 10.6 Å². The molecule has 5 rings (SSSR count). The second-order valence-electron chi connectivity index (χ2n) is 10.5. The molecule has 1 saturated carbocycles. The van der Waals surface area contributed by atoms with Crippen molar-refractivity contribution >= 4 is 50.7 Å². The number of halogens is 2. The van der Waals surface area contributed by atoms with Crippen molar-refractivity contribution in [2.75, 3.05) is 24.1 Å². The van der Waals surface area contributed by atoms with Crippen LogP contribution in [0.4, 0.5) is 5.69 Å². The van der Waals surface area contributed by atoms with E-state index in [4.69, 9.17) is 32.7 Å². The summed E-state index contributed by atoms with van der Waals surface area (Å²) < 4.78 is 40.4. The van der Waals surface area contributed by atoms with Crippen LogP contribution >= 0.6 is 23.2 Å². The maximum absolute atomic E-state index is 14.2. The molecule has 228 valence electrons. The van der Waals surface area contributed by atoms with E-state index in [0.717, 1.165) is 30.0 Å². The van der Waals surface area contributed by atoms with Gasteiger partial charge < -0.3 is 19.7 Å². The molecule has 0 bridgehead atoms. The van der Waals surface area contributed by atoms with Crippen molar-refractivity contribution in [1.82, 2.24) is 10.2 Å². The third kappa shape index (κ3) is 7.03. The highest BCUT2D eigenvalue weighted by atomic mass is 35.5. The molecule has 0 saturated heterocycles. The summed E-state index contributed by atoms with van der Waals surface area (Å²) in [6.07, 6.45) is 3.80. The molecule has 1 fully saturated rings. The van der Waals surface area contributed by atoms with Gasteiger partial charge in [-0.25, -0.2) is 8.42 Å². The van der Waals surface area contributed by atoms with E-state index in [1.165, 1.54) is 23.1 Å². The lowest BCUT2D eigenvalue weighted by Gasteiger charge is -2.33. The van der Waals surface area contributed by atoms with Crippen molar-refractivity contribution in [3.8, 4) is 11.5 Å². The van der Waals surface area contributed by atoms with Crippen LogP contribution in [0.15, 0.2) is 71.6 Å². The smallest absolute Gasteiger partial charge is 0.264 e. The van der Waals surface area contributed by atoms with Crippen LogP contribution in [-0.4, -0.2) is 57.0 Å². The standard InChI is InChI=1S/C31H33Cl2N3O6S/c1-21(31(38)34-22-8-5-6-9-22)35(19-25-26(32)12-7-13-27(25)33)30(37)20-36(43(39,40)24-10-3-2-4-11-24)23-14-15-28-29(18-23)42-17-16-41-28/h2-4,7,10-15,18,21-22H,5-6,8-9,16-17,19-20H2,1H3,(H,34,38)/t21-/m1/s1. The monoisotopic (exact) mass is 645 g/mol. The third-order valence-electron chi connectivity index (χ3n) is 7.68. The Hall–Kier alpha value is -3.47. The summed E-state index contributed by atoms with van der Waals surface area (Å²) in [6, 6.07) is 16.6. The molecule has 3 aromatic carbocycles. The van der Waals surface area contributed by atoms with Gasteiger partial charge in [-0.1, -0.05) is 60.3 Å². The highest BCUT2D eigenvalue weighted by molar-refractivity contribution is 7.92. The third-order valence-corrected chi connectivity index (χ3v) is 10.2. The molecular weight excluding hydrogens is 613 g/mol. The number of carbonyl (C=O) groups is 2. The van der Waals surface area contributed by atoms with E-state index < -0.39 is 28.5 Å². The zero-order valence-corrected chi connectivity index (χ0v) is 26.0. The molecule has 0 spiro atoms. The Labute approximate surface area is 261 Å². The number of fused-ring (bicyclic) bond motifs is 1. The van der Waals surface area contributed by atoms with Crippen molar-refractivity contribution < 1.29 is 27.5 Å². The Morgan fingerprint density at radius 2 is 1.58 bits per heavy atom. The van der Waals surface area contributed by atoms with Crippen LogP contribution in [0, 0.1) is 0 Å². The molecule has 2 aliphatic rings. The first-order valence-electron chi connectivity index (χ1n) is 14.2. The van der Waals surface area contributed by atoms with Gasteiger partial charge in [0.25, 0.3) is 10.0 Å². The van der Waals surface area contributed by atoms with E-state index in [-0.39, 0.29) is 29.1 Å². The quantitative estimate of drug-likeness (QED) is 0.315. The van der Waals surface area contributed by atoms with Gasteiger partial charge in [0.1, 0.15) is 25.8 Å². The van der Waals surface area contributed by atoms with Crippen LogP contribution in [-0.2, 0) is 26.2 Å². The Morgan fingerprint density at radius 1 is 0.930 bits per heavy atom. The second kappa shape index (κ2) is 13.4. The first-order chi connectivity index (χ1) is 20.6. The van der Waals surface area contributed by atoms with Gasteiger partial charge in [-0.15, -0.1) is 0 Å². The van der Waals surface area contributed by atoms with Gasteiger partial charge in [0, 0.05) is 34.3 Å². The SMILES string of the molecule is C[C@H](C(=O)NC1CCCC1)N(Cc1c(Cl)cccc1Cl)C(=O)CN(c1ccc2c(c1)OCCO2)S(=O)(=O)c1ccccc1. The minimum Gasteiger partial charge on any atom is -0.486 e. The lowest BCUT2D eigenvalue weighted by Crippen LogP contribution is -2.52. The fourth-order valence-corrected chi connectivity index (χ4v) is 7.21. The first-order valence-corrected chi connectivity index (χ1v) is 16.3. The number of hydrogen-bond donors (Lipinski definition) is 1. The van der Waals surface area contributed by atoms with Crippen LogP contribution in [0.2, 0.25) is 10.0 Å². The summed E-state index contributed by atoms with van der Waals surface area (Å²) in [5.74, 6) is -0.0984. The molecule has 2 amide bonds. The van der Waals surface area contributed by atoms with Crippen molar-refractivity contribution in [2.45, 2.75) is 56.1 Å². The number of carbonyl (C=O) groups excluding carboxylic acids is 2. The highest BCUT2D eigenvalue weighted by Gasteiger charge is 2.34. The minimum atomic E-state index is -4.23. The predicted molar refractivity (Wildman–Crippen MR) is 165 cm³/mol. The average molecular weight is 647 g/mol. The Morgan fingerprint density at radius 3 is 2.26 bits per heavy atom. The summed E-state index contributed by atoms with van der Waals surface area (Å²) in [6.45, 7) is 1.60. The Kier molecular flexibility index (Phi) is 9.68. The molecule has 9 nitrogen and oxygen atoms in total. The summed E-state index contributed by atoms with van der Waals surface area (Å²) >= 11 is 12.9. The number of rotatable bonds is 10. The van der Waals surface area contributed by atoms with Crippen molar-refractivity contribution in [1.29, 1.82) is 0 Å². The maximum Gasteiger partial charge on any atom is 0.264 e. The topological polar surface area (TPSA) is 105 Å². The van der Waals surface area contributed by atoms with Crippen molar-refractivity contribution in [2.24, 2.45) is 0 Å². The first kappa shape index (κ1) is 31.0. The van der Waals surface area contributed by atoms with Gasteiger partial charge in [0.15, 0.2) is 11.5 Å². The summed E-state index contributed by atoms with van der Waals surface area (Å²) in [5.41, 5.74) is 0.664. The van der Waals surface area contributed by atoms with Crippen LogP contribution < -0.4 is 19.1 Å². The highest BCUT2D eigenvalue weighted by Crippen LogP contribution is 2.36. The zero-order valence-electron chi connectivity index (χ0n) is 23.7. The van der Waals surface area contributed by atoms with E-state index in [1.807, 2.05) is 0 Å². The molecule has 0 unspecified atom stereocenters. The van der Waals surface area contributed by atoms with Crippen LogP contribution in [0.5, 0.6) is 11.5 Å². The molecule has 43 heavy (non-hydrogen) atoms. The molecule has 0 aromatic heterocycles. The van der Waals surface area contributed by atoms with Gasteiger partial charge in [-0.3, -0.25) is 13.9 Å². The molecular formula is C31H33Cl2N3O6S. The molecule has 3 aromatic rings. The maximum atomic E-state index is 14.2. The number of hydrogen-bond acceptors (Lipinski definition) is 6. The van der Waals surface area contributed by atoms with Crippen LogP contribution in [0.1, 0.15) is 38.2 Å². The lowest BCUT2D eigenvalue weighted by atomic mass is 10.1. The fourth-order valence-electron chi connectivity index (χ4n) is 5.26. The Balaban J connectivity index is 1.51. The minimum absolute atomic E-state index is 0.00501. The number of ether oxygens (including phenoxy) is 2. The van der Waals surface area contributed by atoms with Gasteiger partial charge >= 0.3 is 0 Å². The lowest BCUT2D eigenvalue weighted by molar-refractivity contribution is -0.139. The van der Waals surface area contributed by atoms with Crippen LogP contribution in [0.25, 0.3) is 0 Å². The predicted octanol–water partition coefficient (Wildman–Crippen LogP) is 5.44. The number of anilines is 1. The number of nitrogens with one attached hydrogen (secondary N) is 1. The van der Waals surface area contributed by atoms with Gasteiger partial charge in [-0.2, -0.15) is 0 Å². The largest absolute Gasteiger partial charge is 0.486 e. The number of nitrogens with zero attached hydrogens (tertiary/aromatic N) is 2. The molecule has 1 aliphatic carbocycles. The van der Waals surface area contributed by atoms with E-state index in [1.54, 1.807) is 55.5 Å². The average Bonchev–Trinajstić information content (AvgIpc) is 3.52. The van der Waals surface area contributed by atoms with E-state index in [0.29, 0.717) is 40.3 Å². The Bertz CT molecular complexity index is 1560. The molecule has 12 heteroatoms. The normalized spacial score (nSPS) is 15.5. The summed E-state index contributed by atoms with van der Waals surface area (Å²) in [7, 11) is -4.23. The number of benzene rings is 3. The van der Waals surface area contributed by atoms with Crippen molar-refractivity contribution in [3.63, 3.8) is 0 Å². The molecule has 0 radical (unpaired) electrons. The van der Waals surface area contributed by atoms with E-state index in [2.05, 4.69) is 5.32 Å². The number of sulfonamides is 1. The summed E-state index contributed by atoms with van der Waals surface area (Å²) in [5, 5.41) is 3.70. The van der Waals surface area contributed by atoms with E-state index >= 15 is 0 Å². The zero-order chi connectivity index (χ0) is 30.6.